The Morgan fingerprint density at radius 1 is 0.524 bits per heavy atom. The molecule has 0 bridgehead atoms. The molecule has 1 N–H and O–H groups in total. The van der Waals surface area contributed by atoms with E-state index < -0.39 is 24.3 Å². The molecule has 0 aromatic heterocycles. The Balaban J connectivity index is 3.69. The molecule has 0 rings (SSSR count). The van der Waals surface area contributed by atoms with Crippen molar-refractivity contribution < 1.29 is 28.7 Å². The number of esters is 2. The van der Waals surface area contributed by atoms with E-state index in [0.717, 1.165) is 38.5 Å². The van der Waals surface area contributed by atoms with Crippen LogP contribution in [0.3, 0.4) is 0 Å². The minimum absolute atomic E-state index is 0.0425. The number of Topliss-reactive ketones (excluding diaryl/α,β-unsaturated/α-hetero) is 1. The van der Waals surface area contributed by atoms with E-state index >= 15 is 0 Å². The summed E-state index contributed by atoms with van der Waals surface area (Å²) in [6.45, 7) is 6.30. The molecule has 0 saturated heterocycles. The molecule has 1 unspecified atom stereocenters. The number of hydrogen-bond donors (Lipinski definition) is 1. The molecule has 7 nitrogen and oxygen atoms in total. The SMILES string of the molecule is CCCCCCCCCCCCCCCCOC(=O)CC(=O)OCCNC(=O)C(CCCCCCCCCC)C(C)=O. The van der Waals surface area contributed by atoms with Crippen molar-refractivity contribution in [2.75, 3.05) is 19.8 Å². The third-order valence-electron chi connectivity index (χ3n) is 7.87. The second kappa shape index (κ2) is 30.5. The summed E-state index contributed by atoms with van der Waals surface area (Å²) in [5.74, 6) is -2.38. The Morgan fingerprint density at radius 2 is 0.905 bits per heavy atom. The summed E-state index contributed by atoms with van der Waals surface area (Å²) in [7, 11) is 0. The van der Waals surface area contributed by atoms with Crippen LogP contribution in [0.2, 0.25) is 0 Å². The summed E-state index contributed by atoms with van der Waals surface area (Å²) in [6.07, 6.45) is 27.1. The maximum atomic E-state index is 12.4. The van der Waals surface area contributed by atoms with Crippen LogP contribution >= 0.6 is 0 Å². The number of ketones is 1. The molecule has 0 spiro atoms. The number of unbranched alkanes of at least 4 members (excludes halogenated alkanes) is 20. The topological polar surface area (TPSA) is 98.8 Å². The van der Waals surface area contributed by atoms with Gasteiger partial charge in [-0.15, -0.1) is 0 Å². The predicted octanol–water partition coefficient (Wildman–Crippen LogP) is 8.80. The smallest absolute Gasteiger partial charge is 0.317 e. The Bertz CT molecular complexity index is 680. The van der Waals surface area contributed by atoms with E-state index in [1.165, 1.54) is 110 Å². The van der Waals surface area contributed by atoms with Crippen LogP contribution in [0.4, 0.5) is 0 Å². The van der Waals surface area contributed by atoms with Gasteiger partial charge in [-0.3, -0.25) is 19.2 Å². The van der Waals surface area contributed by atoms with Crippen molar-refractivity contribution in [1.29, 1.82) is 0 Å². The molecule has 0 aromatic rings. The summed E-state index contributed by atoms with van der Waals surface area (Å²) >= 11 is 0. The highest BCUT2D eigenvalue weighted by Gasteiger charge is 2.22. The summed E-state index contributed by atoms with van der Waals surface area (Å²) in [5, 5.41) is 2.68. The molecule has 42 heavy (non-hydrogen) atoms. The second-order valence-electron chi connectivity index (χ2n) is 11.9. The zero-order valence-electron chi connectivity index (χ0n) is 27.6. The fourth-order valence-electron chi connectivity index (χ4n) is 5.17. The number of amides is 1. The number of rotatable bonds is 31. The van der Waals surface area contributed by atoms with Crippen LogP contribution in [0.25, 0.3) is 0 Å². The normalized spacial score (nSPS) is 11.7. The van der Waals surface area contributed by atoms with Crippen molar-refractivity contribution in [1.82, 2.24) is 5.32 Å². The van der Waals surface area contributed by atoms with Gasteiger partial charge in [-0.05, 0) is 19.8 Å². The van der Waals surface area contributed by atoms with E-state index in [1.54, 1.807) is 0 Å². The molecule has 7 heteroatoms. The van der Waals surface area contributed by atoms with Crippen LogP contribution in [-0.4, -0.2) is 43.4 Å². The van der Waals surface area contributed by atoms with E-state index in [4.69, 9.17) is 9.47 Å². The quantitative estimate of drug-likeness (QED) is 0.0488. The largest absolute Gasteiger partial charge is 0.465 e. The zero-order valence-corrected chi connectivity index (χ0v) is 27.6. The lowest BCUT2D eigenvalue weighted by Crippen LogP contribution is -2.36. The van der Waals surface area contributed by atoms with Crippen molar-refractivity contribution in [2.24, 2.45) is 5.92 Å². The summed E-state index contributed by atoms with van der Waals surface area (Å²) in [6, 6.07) is 0. The molecule has 0 saturated carbocycles. The van der Waals surface area contributed by atoms with Crippen molar-refractivity contribution in [3.05, 3.63) is 0 Å². The van der Waals surface area contributed by atoms with E-state index in [1.807, 2.05) is 0 Å². The first-order valence-corrected chi connectivity index (χ1v) is 17.5. The average Bonchev–Trinajstić information content (AvgIpc) is 2.96. The van der Waals surface area contributed by atoms with E-state index in [9.17, 15) is 19.2 Å². The Labute approximate surface area is 258 Å². The third kappa shape index (κ3) is 26.9. The number of carbonyl (C=O) groups is 4. The first kappa shape index (κ1) is 40.1. The fraction of sp³-hybridized carbons (Fsp3) is 0.886. The zero-order chi connectivity index (χ0) is 31.1. The van der Waals surface area contributed by atoms with Gasteiger partial charge >= 0.3 is 11.9 Å². The van der Waals surface area contributed by atoms with Gasteiger partial charge in [-0.2, -0.15) is 0 Å². The number of ether oxygens (including phenoxy) is 2. The van der Waals surface area contributed by atoms with Gasteiger partial charge in [0, 0.05) is 0 Å². The highest BCUT2D eigenvalue weighted by Crippen LogP contribution is 2.15. The molecule has 0 aliphatic heterocycles. The predicted molar refractivity (Wildman–Crippen MR) is 171 cm³/mol. The van der Waals surface area contributed by atoms with Crippen LogP contribution in [0.15, 0.2) is 0 Å². The minimum atomic E-state index is -0.669. The molecular weight excluding hydrogens is 530 g/mol. The number of nitrogens with one attached hydrogen (secondary N) is 1. The molecule has 0 fully saturated rings. The van der Waals surface area contributed by atoms with Gasteiger partial charge < -0.3 is 14.8 Å². The second-order valence-corrected chi connectivity index (χ2v) is 11.9. The van der Waals surface area contributed by atoms with Crippen molar-refractivity contribution >= 4 is 23.6 Å². The van der Waals surface area contributed by atoms with Gasteiger partial charge in [-0.25, -0.2) is 0 Å². The van der Waals surface area contributed by atoms with Crippen LogP contribution in [-0.2, 0) is 28.7 Å². The molecule has 0 aliphatic rings. The van der Waals surface area contributed by atoms with E-state index in [0.29, 0.717) is 13.0 Å². The minimum Gasteiger partial charge on any atom is -0.465 e. The highest BCUT2D eigenvalue weighted by molar-refractivity contribution is 6.00. The molecule has 246 valence electrons. The van der Waals surface area contributed by atoms with Crippen LogP contribution < -0.4 is 5.32 Å². The van der Waals surface area contributed by atoms with Crippen molar-refractivity contribution in [2.45, 2.75) is 175 Å². The van der Waals surface area contributed by atoms with Gasteiger partial charge in [0.05, 0.1) is 19.1 Å². The van der Waals surface area contributed by atoms with Crippen LogP contribution in [0, 0.1) is 5.92 Å². The Kier molecular flexibility index (Phi) is 29.1. The summed E-state index contributed by atoms with van der Waals surface area (Å²) < 4.78 is 10.2. The number of hydrogen-bond acceptors (Lipinski definition) is 6. The van der Waals surface area contributed by atoms with Crippen LogP contribution in [0.1, 0.15) is 175 Å². The Hall–Kier alpha value is -1.92. The molecule has 0 radical (unpaired) electrons. The average molecular weight is 596 g/mol. The van der Waals surface area contributed by atoms with Gasteiger partial charge in [0.25, 0.3) is 0 Å². The Morgan fingerprint density at radius 3 is 1.33 bits per heavy atom. The molecule has 0 heterocycles. The lowest BCUT2D eigenvalue weighted by Gasteiger charge is -2.14. The molecule has 1 amide bonds. The van der Waals surface area contributed by atoms with Gasteiger partial charge in [0.1, 0.15) is 18.8 Å². The highest BCUT2D eigenvalue weighted by atomic mass is 16.6. The number of carbonyl (C=O) groups excluding carboxylic acids is 4. The maximum absolute atomic E-state index is 12.4. The maximum Gasteiger partial charge on any atom is 0.317 e. The summed E-state index contributed by atoms with van der Waals surface area (Å²) in [5.41, 5.74) is 0. The van der Waals surface area contributed by atoms with Crippen molar-refractivity contribution in [3.8, 4) is 0 Å². The third-order valence-corrected chi connectivity index (χ3v) is 7.87. The van der Waals surface area contributed by atoms with Gasteiger partial charge in [0.2, 0.25) is 5.91 Å². The van der Waals surface area contributed by atoms with E-state index in [-0.39, 0.29) is 24.8 Å². The van der Waals surface area contributed by atoms with Gasteiger partial charge in [-0.1, -0.05) is 149 Å². The molecule has 1 atom stereocenters. The lowest BCUT2D eigenvalue weighted by atomic mass is 9.96. The molecule has 0 aromatic carbocycles. The van der Waals surface area contributed by atoms with E-state index in [2.05, 4.69) is 19.2 Å². The van der Waals surface area contributed by atoms with Gasteiger partial charge in [0.15, 0.2) is 0 Å². The van der Waals surface area contributed by atoms with Crippen LogP contribution in [0.5, 0.6) is 0 Å². The molecule has 0 aliphatic carbocycles. The van der Waals surface area contributed by atoms with Crippen molar-refractivity contribution in [3.63, 3.8) is 0 Å². The monoisotopic (exact) mass is 595 g/mol. The lowest BCUT2D eigenvalue weighted by molar-refractivity contribution is -0.155. The fourth-order valence-corrected chi connectivity index (χ4v) is 5.17. The molecular formula is C35H65NO6. The summed E-state index contributed by atoms with van der Waals surface area (Å²) in [4.78, 5) is 48.1. The first-order chi connectivity index (χ1) is 20.4. The first-order valence-electron chi connectivity index (χ1n) is 17.5. The standard InChI is InChI=1S/C35H65NO6/c1-4-6-8-10-12-14-15-16-17-18-19-21-23-25-28-41-33(38)30-34(39)42-29-27-36-35(40)32(31(3)37)26-24-22-20-13-11-9-7-5-2/h32H,4-30H2,1-3H3,(H,36,40).